The Hall–Kier alpha value is -1.65. The minimum atomic E-state index is -0.0774. The molecule has 1 N–H and O–H groups in total. The number of likely N-dealkylation sites (tertiary alicyclic amines) is 1. The number of anilines is 1. The molecule has 3 nitrogen and oxygen atoms in total. The molecule has 4 heteroatoms. The predicted octanol–water partition coefficient (Wildman–Crippen LogP) is 4.93. The number of carbonyl (C=O) groups excluding carboxylic acids is 1. The molecule has 24 heavy (non-hydrogen) atoms. The number of hydrogen-bond acceptors (Lipinski definition) is 2. The quantitative estimate of drug-likeness (QED) is 0.807. The second kappa shape index (κ2) is 7.95. The second-order valence-electron chi connectivity index (χ2n) is 6.62. The molecule has 1 aliphatic rings. The van der Waals surface area contributed by atoms with Crippen LogP contribution in [0.1, 0.15) is 35.7 Å². The molecule has 2 aromatic carbocycles. The van der Waals surface area contributed by atoms with Crippen molar-refractivity contribution in [3.63, 3.8) is 0 Å². The topological polar surface area (TPSA) is 32.3 Å². The number of rotatable bonds is 4. The van der Waals surface area contributed by atoms with Gasteiger partial charge in [-0.1, -0.05) is 41.1 Å². The maximum atomic E-state index is 12.3. The zero-order chi connectivity index (χ0) is 16.9. The van der Waals surface area contributed by atoms with Gasteiger partial charge in [-0.15, -0.1) is 0 Å². The molecule has 0 saturated carbocycles. The number of benzene rings is 2. The largest absolute Gasteiger partial charge is 0.322 e. The summed E-state index contributed by atoms with van der Waals surface area (Å²) >= 11 is 3.41. The van der Waals surface area contributed by atoms with E-state index < -0.39 is 0 Å². The number of nitrogens with zero attached hydrogens (tertiary/aromatic N) is 1. The zero-order valence-corrected chi connectivity index (χ0v) is 15.6. The van der Waals surface area contributed by atoms with Crippen LogP contribution in [0.5, 0.6) is 0 Å². The molecule has 0 atom stereocenters. The van der Waals surface area contributed by atoms with Gasteiger partial charge in [-0.05, 0) is 67.7 Å². The third kappa shape index (κ3) is 4.68. The molecule has 0 spiro atoms. The van der Waals surface area contributed by atoms with Crippen molar-refractivity contribution in [1.29, 1.82) is 0 Å². The molecule has 0 bridgehead atoms. The molecular formula is C20H23BrN2O. The van der Waals surface area contributed by atoms with Crippen LogP contribution in [-0.2, 0) is 6.54 Å². The fourth-order valence-electron chi connectivity index (χ4n) is 3.01. The number of piperidine rings is 1. The van der Waals surface area contributed by atoms with Crippen LogP contribution in [0.3, 0.4) is 0 Å². The first kappa shape index (κ1) is 17.2. The van der Waals surface area contributed by atoms with Crippen molar-refractivity contribution in [3.8, 4) is 0 Å². The molecule has 1 aliphatic heterocycles. The first-order valence-electron chi connectivity index (χ1n) is 8.48. The van der Waals surface area contributed by atoms with Crippen LogP contribution in [0.15, 0.2) is 53.0 Å². The minimum Gasteiger partial charge on any atom is -0.322 e. The van der Waals surface area contributed by atoms with Crippen molar-refractivity contribution in [2.45, 2.75) is 26.3 Å². The molecular weight excluding hydrogens is 364 g/mol. The van der Waals surface area contributed by atoms with E-state index in [1.165, 1.54) is 31.5 Å². The standard InChI is InChI=1S/C20H23BrN2O/c1-15-9-11-23(12-10-15)14-16-5-7-17(8-6-16)20(24)22-19-4-2-3-18(21)13-19/h2-8,13,15H,9-12,14H2,1H3,(H,22,24). The summed E-state index contributed by atoms with van der Waals surface area (Å²) in [6.45, 7) is 5.65. The smallest absolute Gasteiger partial charge is 0.255 e. The number of carbonyl (C=O) groups is 1. The third-order valence-corrected chi connectivity index (χ3v) is 5.07. The molecule has 0 unspecified atom stereocenters. The highest BCUT2D eigenvalue weighted by Crippen LogP contribution is 2.19. The zero-order valence-electron chi connectivity index (χ0n) is 14.0. The Morgan fingerprint density at radius 2 is 1.88 bits per heavy atom. The van der Waals surface area contributed by atoms with Gasteiger partial charge in [0.15, 0.2) is 0 Å². The molecule has 0 radical (unpaired) electrons. The lowest BCUT2D eigenvalue weighted by molar-refractivity contribution is 0.102. The van der Waals surface area contributed by atoms with Gasteiger partial charge in [0.25, 0.3) is 5.91 Å². The SMILES string of the molecule is CC1CCN(Cc2ccc(C(=O)Nc3cccc(Br)c3)cc2)CC1. The molecule has 0 aromatic heterocycles. The summed E-state index contributed by atoms with van der Waals surface area (Å²) in [6, 6.07) is 15.6. The van der Waals surface area contributed by atoms with Gasteiger partial charge >= 0.3 is 0 Å². The highest BCUT2D eigenvalue weighted by Gasteiger charge is 2.15. The third-order valence-electron chi connectivity index (χ3n) is 4.58. The molecule has 1 amide bonds. The van der Waals surface area contributed by atoms with E-state index in [1.807, 2.05) is 36.4 Å². The van der Waals surface area contributed by atoms with E-state index in [1.54, 1.807) is 0 Å². The molecule has 126 valence electrons. The molecule has 1 fully saturated rings. The Bertz CT molecular complexity index is 691. The summed E-state index contributed by atoms with van der Waals surface area (Å²) in [5.41, 5.74) is 2.75. The molecule has 1 heterocycles. The molecule has 3 rings (SSSR count). The summed E-state index contributed by atoms with van der Waals surface area (Å²) in [7, 11) is 0. The second-order valence-corrected chi connectivity index (χ2v) is 7.54. The average Bonchev–Trinajstić information content (AvgIpc) is 2.57. The van der Waals surface area contributed by atoms with Gasteiger partial charge in [0.2, 0.25) is 0 Å². The summed E-state index contributed by atoms with van der Waals surface area (Å²) in [5.74, 6) is 0.775. The van der Waals surface area contributed by atoms with Crippen molar-refractivity contribution < 1.29 is 4.79 Å². The van der Waals surface area contributed by atoms with Crippen molar-refractivity contribution >= 4 is 27.5 Å². The van der Waals surface area contributed by atoms with Crippen LogP contribution in [0.4, 0.5) is 5.69 Å². The van der Waals surface area contributed by atoms with Crippen LogP contribution < -0.4 is 5.32 Å². The van der Waals surface area contributed by atoms with Crippen molar-refractivity contribution in [2.24, 2.45) is 5.92 Å². The van der Waals surface area contributed by atoms with Gasteiger partial charge in [-0.2, -0.15) is 0 Å². The average molecular weight is 387 g/mol. The van der Waals surface area contributed by atoms with E-state index in [-0.39, 0.29) is 5.91 Å². The maximum Gasteiger partial charge on any atom is 0.255 e. The van der Waals surface area contributed by atoms with E-state index in [2.05, 4.69) is 45.2 Å². The lowest BCUT2D eigenvalue weighted by Crippen LogP contribution is -2.32. The van der Waals surface area contributed by atoms with Crippen LogP contribution in [0.2, 0.25) is 0 Å². The Kier molecular flexibility index (Phi) is 5.69. The molecule has 0 aliphatic carbocycles. The van der Waals surface area contributed by atoms with E-state index in [4.69, 9.17) is 0 Å². The number of halogens is 1. The summed E-state index contributed by atoms with van der Waals surface area (Å²) in [4.78, 5) is 14.8. The number of nitrogens with one attached hydrogen (secondary N) is 1. The molecule has 2 aromatic rings. The van der Waals surface area contributed by atoms with Crippen LogP contribution in [0, 0.1) is 5.92 Å². The van der Waals surface area contributed by atoms with Crippen LogP contribution in [0.25, 0.3) is 0 Å². The van der Waals surface area contributed by atoms with Gasteiger partial charge in [0.1, 0.15) is 0 Å². The van der Waals surface area contributed by atoms with Gasteiger partial charge in [0.05, 0.1) is 0 Å². The highest BCUT2D eigenvalue weighted by molar-refractivity contribution is 9.10. The lowest BCUT2D eigenvalue weighted by atomic mass is 9.99. The van der Waals surface area contributed by atoms with Crippen molar-refractivity contribution in [1.82, 2.24) is 4.90 Å². The Morgan fingerprint density at radius 1 is 1.17 bits per heavy atom. The first-order valence-corrected chi connectivity index (χ1v) is 9.27. The van der Waals surface area contributed by atoms with Crippen molar-refractivity contribution in [2.75, 3.05) is 18.4 Å². The highest BCUT2D eigenvalue weighted by atomic mass is 79.9. The summed E-state index contributed by atoms with van der Waals surface area (Å²) in [6.07, 6.45) is 2.57. The number of hydrogen-bond donors (Lipinski definition) is 1. The Labute approximate surface area is 152 Å². The lowest BCUT2D eigenvalue weighted by Gasteiger charge is -2.30. The van der Waals surface area contributed by atoms with E-state index in [0.29, 0.717) is 5.56 Å². The maximum absolute atomic E-state index is 12.3. The summed E-state index contributed by atoms with van der Waals surface area (Å²) < 4.78 is 0.950. The van der Waals surface area contributed by atoms with E-state index in [0.717, 1.165) is 22.6 Å². The minimum absolute atomic E-state index is 0.0774. The number of amides is 1. The normalized spacial score (nSPS) is 16.1. The molecule has 1 saturated heterocycles. The van der Waals surface area contributed by atoms with E-state index >= 15 is 0 Å². The van der Waals surface area contributed by atoms with Gasteiger partial charge in [-0.3, -0.25) is 9.69 Å². The van der Waals surface area contributed by atoms with Gasteiger partial charge in [0, 0.05) is 22.3 Å². The fourth-order valence-corrected chi connectivity index (χ4v) is 3.41. The van der Waals surface area contributed by atoms with Crippen molar-refractivity contribution in [3.05, 3.63) is 64.1 Å². The van der Waals surface area contributed by atoms with Crippen LogP contribution >= 0.6 is 15.9 Å². The van der Waals surface area contributed by atoms with Crippen LogP contribution in [-0.4, -0.2) is 23.9 Å². The first-order chi connectivity index (χ1) is 11.6. The Balaban J connectivity index is 1.58. The fraction of sp³-hybridized carbons (Fsp3) is 0.350. The monoisotopic (exact) mass is 386 g/mol. The van der Waals surface area contributed by atoms with Gasteiger partial charge in [-0.25, -0.2) is 0 Å². The summed E-state index contributed by atoms with van der Waals surface area (Å²) in [5, 5.41) is 2.93. The van der Waals surface area contributed by atoms with Gasteiger partial charge < -0.3 is 5.32 Å². The van der Waals surface area contributed by atoms with E-state index in [9.17, 15) is 4.79 Å². The Morgan fingerprint density at radius 3 is 2.54 bits per heavy atom. The predicted molar refractivity (Wildman–Crippen MR) is 102 cm³/mol.